The lowest BCUT2D eigenvalue weighted by Crippen LogP contribution is -2.49. The maximum atomic E-state index is 12.4. The van der Waals surface area contributed by atoms with Gasteiger partial charge in [0.2, 0.25) is 0 Å². The number of H-pyrrole nitrogens is 1. The second-order valence-electron chi connectivity index (χ2n) is 6.03. The third-order valence-corrected chi connectivity index (χ3v) is 4.66. The van der Waals surface area contributed by atoms with E-state index >= 15 is 0 Å². The predicted octanol–water partition coefficient (Wildman–Crippen LogP) is 0.259. The van der Waals surface area contributed by atoms with Gasteiger partial charge >= 0.3 is 6.03 Å². The van der Waals surface area contributed by atoms with Crippen molar-refractivity contribution in [2.75, 3.05) is 6.54 Å². The maximum Gasteiger partial charge on any atom is 0.325 e. The van der Waals surface area contributed by atoms with Crippen molar-refractivity contribution in [2.24, 2.45) is 5.92 Å². The van der Waals surface area contributed by atoms with Crippen LogP contribution >= 0.6 is 15.9 Å². The number of carbonyl (C=O) groups is 4. The highest BCUT2D eigenvalue weighted by Gasteiger charge is 2.56. The molecule has 0 unspecified atom stereocenters. The van der Waals surface area contributed by atoms with Gasteiger partial charge in [-0.2, -0.15) is 0 Å². The van der Waals surface area contributed by atoms with Crippen LogP contribution < -0.4 is 16.2 Å². The lowest BCUT2D eigenvalue weighted by Gasteiger charge is -2.20. The summed E-state index contributed by atoms with van der Waals surface area (Å²) in [5.74, 6) is -1.51. The number of aromatic nitrogens is 1. The highest BCUT2D eigenvalue weighted by molar-refractivity contribution is 9.10. The number of hydrazine groups is 1. The Balaban J connectivity index is 1.54. The molecule has 2 aliphatic rings. The van der Waals surface area contributed by atoms with E-state index < -0.39 is 35.8 Å². The van der Waals surface area contributed by atoms with Crippen molar-refractivity contribution in [2.45, 2.75) is 25.3 Å². The van der Waals surface area contributed by atoms with Gasteiger partial charge in [-0.1, -0.05) is 0 Å². The fraction of sp³-hybridized carbons (Fsp3) is 0.429. The van der Waals surface area contributed by atoms with Crippen LogP contribution in [0.4, 0.5) is 4.79 Å². The fourth-order valence-corrected chi connectivity index (χ4v) is 3.02. The van der Waals surface area contributed by atoms with E-state index in [0.717, 1.165) is 17.7 Å². The Morgan fingerprint density at radius 3 is 2.67 bits per heavy atom. The molecule has 1 aromatic heterocycles. The Bertz CT molecular complexity index is 729. The van der Waals surface area contributed by atoms with Crippen LogP contribution in [0.25, 0.3) is 0 Å². The monoisotopic (exact) mass is 397 g/mol. The van der Waals surface area contributed by atoms with Crippen molar-refractivity contribution >= 4 is 39.7 Å². The van der Waals surface area contributed by atoms with E-state index in [0.29, 0.717) is 4.47 Å². The SMILES string of the molecule is C[C@@]1(C2CC2)NC(=O)N(CC(=O)NNC(=O)c2cc(Br)c[nH]2)C1=O. The van der Waals surface area contributed by atoms with Crippen LogP contribution in [0.1, 0.15) is 30.3 Å². The lowest BCUT2D eigenvalue weighted by atomic mass is 9.96. The van der Waals surface area contributed by atoms with Crippen LogP contribution in [0, 0.1) is 5.92 Å². The molecule has 0 aromatic carbocycles. The zero-order valence-electron chi connectivity index (χ0n) is 12.8. The molecule has 9 nitrogen and oxygen atoms in total. The van der Waals surface area contributed by atoms with Gasteiger partial charge in [0.25, 0.3) is 17.7 Å². The summed E-state index contributed by atoms with van der Waals surface area (Å²) in [6, 6.07) is 0.948. The van der Waals surface area contributed by atoms with Gasteiger partial charge in [-0.15, -0.1) is 0 Å². The molecule has 1 saturated heterocycles. The van der Waals surface area contributed by atoms with Gasteiger partial charge in [0, 0.05) is 10.7 Å². The molecule has 2 fully saturated rings. The minimum atomic E-state index is -0.933. The number of rotatable bonds is 4. The number of hydrogen-bond donors (Lipinski definition) is 4. The number of imide groups is 1. The molecule has 4 N–H and O–H groups in total. The first-order valence-electron chi connectivity index (χ1n) is 7.38. The average Bonchev–Trinajstić information content (AvgIpc) is 3.27. The van der Waals surface area contributed by atoms with Crippen LogP contribution in [0.5, 0.6) is 0 Å². The Labute approximate surface area is 145 Å². The number of carbonyl (C=O) groups excluding carboxylic acids is 4. The highest BCUT2D eigenvalue weighted by Crippen LogP contribution is 2.42. The summed E-state index contributed by atoms with van der Waals surface area (Å²) in [6.45, 7) is 1.22. The summed E-state index contributed by atoms with van der Waals surface area (Å²) in [5.41, 5.74) is 3.71. The molecule has 3 rings (SSSR count). The summed E-state index contributed by atoms with van der Waals surface area (Å²) >= 11 is 3.19. The van der Waals surface area contributed by atoms with Crippen molar-refractivity contribution < 1.29 is 19.2 Å². The first kappa shape index (κ1) is 16.5. The molecule has 1 aromatic rings. The van der Waals surface area contributed by atoms with Gasteiger partial charge in [-0.05, 0) is 47.7 Å². The van der Waals surface area contributed by atoms with Crippen molar-refractivity contribution in [3.8, 4) is 0 Å². The van der Waals surface area contributed by atoms with Crippen LogP contribution in [0.2, 0.25) is 0 Å². The Kier molecular flexibility index (Phi) is 4.08. The van der Waals surface area contributed by atoms with Crippen LogP contribution in [0.15, 0.2) is 16.7 Å². The van der Waals surface area contributed by atoms with Crippen LogP contribution in [-0.2, 0) is 9.59 Å². The van der Waals surface area contributed by atoms with Crippen LogP contribution in [-0.4, -0.2) is 45.7 Å². The smallest absolute Gasteiger partial charge is 0.325 e. The molecule has 1 aliphatic carbocycles. The number of hydrogen-bond acceptors (Lipinski definition) is 4. The standard InChI is InChI=1S/C14H16BrN5O4/c1-14(7-2-3-7)12(23)20(13(24)17-14)6-10(21)18-19-11(22)9-4-8(15)5-16-9/h4-5,7,16H,2-3,6H2,1H3,(H,17,24)(H,18,21)(H,19,22)/t14-/m0/s1. The molecule has 2 heterocycles. The number of nitrogens with zero attached hydrogens (tertiary/aromatic N) is 1. The van der Waals surface area contributed by atoms with E-state index in [1.165, 1.54) is 0 Å². The van der Waals surface area contributed by atoms with Crippen molar-refractivity contribution in [1.29, 1.82) is 0 Å². The molecule has 24 heavy (non-hydrogen) atoms. The second-order valence-corrected chi connectivity index (χ2v) is 6.95. The largest absolute Gasteiger partial charge is 0.356 e. The summed E-state index contributed by atoms with van der Waals surface area (Å²) < 4.78 is 0.692. The Morgan fingerprint density at radius 2 is 2.08 bits per heavy atom. The first-order valence-corrected chi connectivity index (χ1v) is 8.18. The Morgan fingerprint density at radius 1 is 1.38 bits per heavy atom. The molecule has 1 saturated carbocycles. The second kappa shape index (κ2) is 5.93. The topological polar surface area (TPSA) is 123 Å². The van der Waals surface area contributed by atoms with E-state index in [1.807, 2.05) is 0 Å². The zero-order valence-corrected chi connectivity index (χ0v) is 14.4. The average molecular weight is 398 g/mol. The predicted molar refractivity (Wildman–Crippen MR) is 85.5 cm³/mol. The van der Waals surface area contributed by atoms with E-state index in [4.69, 9.17) is 0 Å². The van der Waals surface area contributed by atoms with Gasteiger partial charge in [0.05, 0.1) is 0 Å². The zero-order chi connectivity index (χ0) is 17.5. The van der Waals surface area contributed by atoms with E-state index in [9.17, 15) is 19.2 Å². The fourth-order valence-electron chi connectivity index (χ4n) is 2.67. The maximum absolute atomic E-state index is 12.4. The van der Waals surface area contributed by atoms with E-state index in [2.05, 4.69) is 37.1 Å². The summed E-state index contributed by atoms with van der Waals surface area (Å²) in [7, 11) is 0. The summed E-state index contributed by atoms with van der Waals surface area (Å²) in [6.07, 6.45) is 3.33. The molecule has 0 spiro atoms. The van der Waals surface area contributed by atoms with Gasteiger partial charge in [-0.25, -0.2) is 4.79 Å². The molecular formula is C14H16BrN5O4. The van der Waals surface area contributed by atoms with Crippen molar-refractivity contribution in [1.82, 2.24) is 26.1 Å². The lowest BCUT2D eigenvalue weighted by molar-refractivity contribution is -0.135. The molecule has 1 aliphatic heterocycles. The Hall–Kier alpha value is -2.36. The molecule has 1 atom stereocenters. The highest BCUT2D eigenvalue weighted by atomic mass is 79.9. The van der Waals surface area contributed by atoms with Crippen LogP contribution in [0.3, 0.4) is 0 Å². The third-order valence-electron chi connectivity index (χ3n) is 4.20. The number of urea groups is 1. The normalized spacial score (nSPS) is 23.2. The molecule has 128 valence electrons. The van der Waals surface area contributed by atoms with Gasteiger partial charge in [0.1, 0.15) is 17.8 Å². The third kappa shape index (κ3) is 3.01. The number of amides is 5. The van der Waals surface area contributed by atoms with Gasteiger partial charge in [-0.3, -0.25) is 30.1 Å². The number of halogens is 1. The quantitative estimate of drug-likeness (QED) is 0.429. The van der Waals surface area contributed by atoms with Gasteiger partial charge in [0.15, 0.2) is 0 Å². The van der Waals surface area contributed by atoms with Gasteiger partial charge < -0.3 is 10.3 Å². The molecule has 10 heteroatoms. The molecule has 5 amide bonds. The van der Waals surface area contributed by atoms with Crippen molar-refractivity contribution in [3.05, 3.63) is 22.4 Å². The molecule has 0 bridgehead atoms. The van der Waals surface area contributed by atoms with E-state index in [1.54, 1.807) is 19.2 Å². The molecular weight excluding hydrogens is 382 g/mol. The number of nitrogens with one attached hydrogen (secondary N) is 4. The minimum absolute atomic E-state index is 0.119. The van der Waals surface area contributed by atoms with E-state index in [-0.39, 0.29) is 11.6 Å². The van der Waals surface area contributed by atoms with Crippen molar-refractivity contribution in [3.63, 3.8) is 0 Å². The minimum Gasteiger partial charge on any atom is -0.356 e. The first-order chi connectivity index (χ1) is 11.3. The summed E-state index contributed by atoms with van der Waals surface area (Å²) in [5, 5.41) is 2.65. The summed E-state index contributed by atoms with van der Waals surface area (Å²) in [4.78, 5) is 51.6. The molecule has 0 radical (unpaired) electrons. The number of aromatic amines is 1.